The zero-order valence-corrected chi connectivity index (χ0v) is 14.8. The second-order valence-electron chi connectivity index (χ2n) is 5.01. The lowest BCUT2D eigenvalue weighted by Crippen LogP contribution is -2.07. The van der Waals surface area contributed by atoms with E-state index in [4.69, 9.17) is 4.74 Å². The van der Waals surface area contributed by atoms with Gasteiger partial charge in [0.25, 0.3) is 5.76 Å². The van der Waals surface area contributed by atoms with Gasteiger partial charge in [-0.25, -0.2) is 0 Å². The highest BCUT2D eigenvalue weighted by atomic mass is 32.2. The van der Waals surface area contributed by atoms with E-state index in [-0.39, 0.29) is 11.5 Å². The minimum absolute atomic E-state index is 0.102. The molecule has 2 rings (SSSR count). The van der Waals surface area contributed by atoms with Crippen molar-refractivity contribution in [2.24, 2.45) is 0 Å². The molecular formula is C18H15F4NO3S. The summed E-state index contributed by atoms with van der Waals surface area (Å²) >= 11 is 0.413. The van der Waals surface area contributed by atoms with Crippen LogP contribution in [0.25, 0.3) is 6.08 Å². The second kappa shape index (κ2) is 9.86. The van der Waals surface area contributed by atoms with Crippen molar-refractivity contribution in [1.29, 1.82) is 0 Å². The van der Waals surface area contributed by atoms with E-state index in [1.54, 1.807) is 0 Å². The number of anilines is 1. The van der Waals surface area contributed by atoms with Crippen LogP contribution in [0.5, 0.6) is 11.5 Å². The Balaban J connectivity index is 1.99. The number of ether oxygens (including phenoxy) is 2. The van der Waals surface area contributed by atoms with E-state index < -0.39 is 18.3 Å². The smallest absolute Gasteiger partial charge is 0.387 e. The molecular weight excluding hydrogens is 386 g/mol. The Labute approximate surface area is 157 Å². The molecule has 9 heteroatoms. The van der Waals surface area contributed by atoms with Crippen molar-refractivity contribution < 1.29 is 31.8 Å². The van der Waals surface area contributed by atoms with E-state index in [9.17, 15) is 22.4 Å². The maximum absolute atomic E-state index is 12.3. The molecule has 0 radical (unpaired) electrons. The van der Waals surface area contributed by atoms with Crippen molar-refractivity contribution in [3.8, 4) is 11.5 Å². The molecule has 0 aliphatic carbocycles. The molecule has 0 atom stereocenters. The zero-order valence-electron chi connectivity index (χ0n) is 14.0. The first-order chi connectivity index (χ1) is 12.9. The van der Waals surface area contributed by atoms with E-state index in [0.717, 1.165) is 0 Å². The molecule has 0 heterocycles. The maximum atomic E-state index is 12.3. The number of amides is 1. The van der Waals surface area contributed by atoms with Crippen LogP contribution in [0.3, 0.4) is 0 Å². The average Bonchev–Trinajstić information content (AvgIpc) is 2.61. The van der Waals surface area contributed by atoms with E-state index in [1.807, 2.05) is 0 Å². The first kappa shape index (κ1) is 20.6. The number of hydrogen-bond acceptors (Lipinski definition) is 4. The molecule has 2 aromatic rings. The van der Waals surface area contributed by atoms with Crippen LogP contribution in [-0.4, -0.2) is 25.4 Å². The van der Waals surface area contributed by atoms with E-state index in [1.165, 1.54) is 61.7 Å². The summed E-state index contributed by atoms with van der Waals surface area (Å²) in [5, 5.41) is 2.58. The van der Waals surface area contributed by atoms with Gasteiger partial charge in [0.15, 0.2) is 11.5 Å². The van der Waals surface area contributed by atoms with E-state index >= 15 is 0 Å². The van der Waals surface area contributed by atoms with Crippen LogP contribution >= 0.6 is 11.8 Å². The third-order valence-electron chi connectivity index (χ3n) is 3.18. The number of nitrogens with one attached hydrogen (secondary N) is 1. The van der Waals surface area contributed by atoms with E-state index in [0.29, 0.717) is 27.9 Å². The largest absolute Gasteiger partial charge is 0.493 e. The third-order valence-corrected chi connectivity index (χ3v) is 3.90. The number of carbonyl (C=O) groups excluding carboxylic acids is 1. The predicted octanol–water partition coefficient (Wildman–Crippen LogP) is 5.26. The second-order valence-corrected chi connectivity index (χ2v) is 6.08. The minimum atomic E-state index is -2.98. The fourth-order valence-electron chi connectivity index (χ4n) is 2.06. The number of thioether (sulfide) groups is 1. The molecule has 27 heavy (non-hydrogen) atoms. The number of methoxy groups -OCH3 is 1. The van der Waals surface area contributed by atoms with E-state index in [2.05, 4.69) is 10.1 Å². The first-order valence-corrected chi connectivity index (χ1v) is 8.42. The fourth-order valence-corrected chi connectivity index (χ4v) is 2.56. The number of halogens is 4. The predicted molar refractivity (Wildman–Crippen MR) is 95.6 cm³/mol. The molecule has 0 saturated heterocycles. The van der Waals surface area contributed by atoms with Crippen molar-refractivity contribution in [3.63, 3.8) is 0 Å². The molecule has 0 bridgehead atoms. The summed E-state index contributed by atoms with van der Waals surface area (Å²) < 4.78 is 58.4. The molecule has 0 fully saturated rings. The Morgan fingerprint density at radius 3 is 2.37 bits per heavy atom. The minimum Gasteiger partial charge on any atom is -0.493 e. The molecule has 0 aromatic heterocycles. The molecule has 0 aliphatic heterocycles. The average molecular weight is 401 g/mol. The topological polar surface area (TPSA) is 47.6 Å². The SMILES string of the molecule is COc1cc(/C=C/C(=O)Nc2ccc(SC(F)F)cc2)ccc1OC(F)F. The van der Waals surface area contributed by atoms with Crippen LogP contribution in [0, 0.1) is 0 Å². The van der Waals surface area contributed by atoms with Gasteiger partial charge in [-0.1, -0.05) is 17.8 Å². The van der Waals surface area contributed by atoms with Crippen LogP contribution in [0.1, 0.15) is 5.56 Å². The normalized spacial score (nSPS) is 11.2. The molecule has 1 amide bonds. The van der Waals surface area contributed by atoms with Crippen molar-refractivity contribution in [2.45, 2.75) is 17.3 Å². The summed E-state index contributed by atoms with van der Waals surface area (Å²) in [6.07, 6.45) is 2.70. The summed E-state index contributed by atoms with van der Waals surface area (Å²) in [6.45, 7) is -2.98. The Morgan fingerprint density at radius 2 is 1.78 bits per heavy atom. The van der Waals surface area contributed by atoms with Gasteiger partial charge in [0.05, 0.1) is 7.11 Å². The molecule has 0 aliphatic rings. The fraction of sp³-hybridized carbons (Fsp3) is 0.167. The number of hydrogen-bond donors (Lipinski definition) is 1. The van der Waals surface area contributed by atoms with Gasteiger partial charge in [0.2, 0.25) is 5.91 Å². The summed E-state index contributed by atoms with van der Waals surface area (Å²) in [4.78, 5) is 12.3. The van der Waals surface area contributed by atoms with Crippen molar-refractivity contribution >= 4 is 29.4 Å². The molecule has 4 nitrogen and oxygen atoms in total. The highest BCUT2D eigenvalue weighted by Crippen LogP contribution is 2.30. The molecule has 144 valence electrons. The third kappa shape index (κ3) is 6.86. The van der Waals surface area contributed by atoms with Gasteiger partial charge in [-0.05, 0) is 48.0 Å². The van der Waals surface area contributed by atoms with Gasteiger partial charge in [-0.3, -0.25) is 4.79 Å². The van der Waals surface area contributed by atoms with Crippen molar-refractivity contribution in [2.75, 3.05) is 12.4 Å². The van der Waals surface area contributed by atoms with Crippen molar-refractivity contribution in [1.82, 2.24) is 0 Å². The van der Waals surface area contributed by atoms with Gasteiger partial charge < -0.3 is 14.8 Å². The van der Waals surface area contributed by atoms with Gasteiger partial charge in [0.1, 0.15) is 0 Å². The first-order valence-electron chi connectivity index (χ1n) is 7.54. The number of rotatable bonds is 8. The van der Waals surface area contributed by atoms with Crippen LogP contribution in [0.15, 0.2) is 53.4 Å². The molecule has 0 spiro atoms. The number of carbonyl (C=O) groups is 1. The monoisotopic (exact) mass is 401 g/mol. The zero-order chi connectivity index (χ0) is 19.8. The molecule has 0 unspecified atom stereocenters. The standard InChI is InChI=1S/C18H15F4NO3S/c1-25-15-10-11(2-8-14(15)26-17(19)20)3-9-16(24)23-12-4-6-13(7-5-12)27-18(21)22/h2-10,17-18H,1H3,(H,23,24)/b9-3+. The highest BCUT2D eigenvalue weighted by Gasteiger charge is 2.10. The Hall–Kier alpha value is -2.68. The molecule has 2 aromatic carbocycles. The van der Waals surface area contributed by atoms with Gasteiger partial charge in [-0.15, -0.1) is 0 Å². The lowest BCUT2D eigenvalue weighted by atomic mass is 10.2. The Bertz CT molecular complexity index is 798. The van der Waals surface area contributed by atoms with Crippen LogP contribution in [0.4, 0.5) is 23.2 Å². The lowest BCUT2D eigenvalue weighted by molar-refractivity contribution is -0.111. The maximum Gasteiger partial charge on any atom is 0.387 e. The Morgan fingerprint density at radius 1 is 1.07 bits per heavy atom. The van der Waals surface area contributed by atoms with Crippen LogP contribution < -0.4 is 14.8 Å². The summed E-state index contributed by atoms with van der Waals surface area (Å²) in [6, 6.07) is 10.2. The Kier molecular flexibility index (Phi) is 7.54. The summed E-state index contributed by atoms with van der Waals surface area (Å²) in [5.74, 6) is -2.97. The van der Waals surface area contributed by atoms with Gasteiger partial charge in [-0.2, -0.15) is 17.6 Å². The van der Waals surface area contributed by atoms with Crippen LogP contribution in [0.2, 0.25) is 0 Å². The molecule has 1 N–H and O–H groups in total. The van der Waals surface area contributed by atoms with Gasteiger partial charge >= 0.3 is 6.61 Å². The van der Waals surface area contributed by atoms with Gasteiger partial charge in [0, 0.05) is 16.7 Å². The summed E-state index contributed by atoms with van der Waals surface area (Å²) in [7, 11) is 1.31. The van der Waals surface area contributed by atoms with Crippen LogP contribution in [-0.2, 0) is 4.79 Å². The lowest BCUT2D eigenvalue weighted by Gasteiger charge is -2.10. The van der Waals surface area contributed by atoms with Crippen molar-refractivity contribution in [3.05, 3.63) is 54.1 Å². The quantitative estimate of drug-likeness (QED) is 0.372. The molecule has 0 saturated carbocycles. The highest BCUT2D eigenvalue weighted by molar-refractivity contribution is 7.99. The number of alkyl halides is 4. The summed E-state index contributed by atoms with van der Waals surface area (Å²) in [5.41, 5.74) is 0.980. The number of benzene rings is 2.